The van der Waals surface area contributed by atoms with Gasteiger partial charge in [-0.3, -0.25) is 0 Å². The molecule has 3 rings (SSSR count). The Balaban J connectivity index is 1.31. The van der Waals surface area contributed by atoms with Crippen LogP contribution in [0.3, 0.4) is 0 Å². The third-order valence-corrected chi connectivity index (χ3v) is 4.66. The number of hydrogen-bond donors (Lipinski definition) is 1. The zero-order valence-corrected chi connectivity index (χ0v) is 16.0. The number of halogens is 1. The molecule has 0 aliphatic heterocycles. The smallest absolute Gasteiger partial charge is 0.276 e. The van der Waals surface area contributed by atoms with Crippen molar-refractivity contribution in [3.8, 4) is 17.2 Å². The van der Waals surface area contributed by atoms with Gasteiger partial charge in [0.1, 0.15) is 12.4 Å². The SMILES string of the molecule is O[C@@H](COCCOc1ccc(Cl)cc1)CSc1nnc(-c2ccccc2)o1. The van der Waals surface area contributed by atoms with Gasteiger partial charge < -0.3 is 19.0 Å². The predicted molar refractivity (Wildman–Crippen MR) is 104 cm³/mol. The largest absolute Gasteiger partial charge is 0.491 e. The van der Waals surface area contributed by atoms with Crippen molar-refractivity contribution in [1.29, 1.82) is 0 Å². The number of nitrogens with zero attached hydrogens (tertiary/aromatic N) is 2. The molecule has 0 fully saturated rings. The molecule has 8 heteroatoms. The highest BCUT2D eigenvalue weighted by Crippen LogP contribution is 2.23. The Morgan fingerprint density at radius 1 is 1.04 bits per heavy atom. The highest BCUT2D eigenvalue weighted by Gasteiger charge is 2.11. The van der Waals surface area contributed by atoms with Crippen LogP contribution in [0.2, 0.25) is 5.02 Å². The summed E-state index contributed by atoms with van der Waals surface area (Å²) in [5.41, 5.74) is 0.862. The molecule has 27 heavy (non-hydrogen) atoms. The molecule has 2 aromatic carbocycles. The summed E-state index contributed by atoms with van der Waals surface area (Å²) in [7, 11) is 0. The van der Waals surface area contributed by atoms with Crippen molar-refractivity contribution in [2.24, 2.45) is 0 Å². The van der Waals surface area contributed by atoms with Gasteiger partial charge in [0.15, 0.2) is 0 Å². The minimum absolute atomic E-state index is 0.205. The maximum Gasteiger partial charge on any atom is 0.276 e. The number of thioether (sulfide) groups is 1. The molecule has 1 atom stereocenters. The second-order valence-electron chi connectivity index (χ2n) is 5.58. The van der Waals surface area contributed by atoms with E-state index in [4.69, 9.17) is 25.5 Å². The molecular weight excluding hydrogens is 388 g/mol. The summed E-state index contributed by atoms with van der Waals surface area (Å²) >= 11 is 7.10. The minimum Gasteiger partial charge on any atom is -0.491 e. The van der Waals surface area contributed by atoms with E-state index in [1.54, 1.807) is 24.3 Å². The molecule has 0 bridgehead atoms. The molecule has 0 aliphatic rings. The van der Waals surface area contributed by atoms with Crippen LogP contribution in [-0.4, -0.2) is 47.0 Å². The van der Waals surface area contributed by atoms with Crippen molar-refractivity contribution in [2.75, 3.05) is 25.6 Å². The summed E-state index contributed by atoms with van der Waals surface area (Å²) in [6.07, 6.45) is -0.641. The average molecular weight is 407 g/mol. The van der Waals surface area contributed by atoms with E-state index in [1.807, 2.05) is 30.3 Å². The van der Waals surface area contributed by atoms with Crippen LogP contribution in [0, 0.1) is 0 Å². The standard InChI is InChI=1S/C19H19ClN2O4S/c20-15-6-8-17(9-7-15)25-11-10-24-12-16(23)13-27-19-22-21-18(26-19)14-4-2-1-3-5-14/h1-9,16,23H,10-13H2/t16-/m0/s1. The molecule has 0 spiro atoms. The van der Waals surface area contributed by atoms with Crippen LogP contribution in [0.1, 0.15) is 0 Å². The van der Waals surface area contributed by atoms with Crippen LogP contribution in [0.4, 0.5) is 0 Å². The molecule has 142 valence electrons. The van der Waals surface area contributed by atoms with Gasteiger partial charge in [-0.15, -0.1) is 10.2 Å². The van der Waals surface area contributed by atoms with Crippen molar-refractivity contribution in [2.45, 2.75) is 11.3 Å². The van der Waals surface area contributed by atoms with Crippen molar-refractivity contribution in [3.63, 3.8) is 0 Å². The highest BCUT2D eigenvalue weighted by atomic mass is 35.5. The zero-order chi connectivity index (χ0) is 18.9. The molecule has 6 nitrogen and oxygen atoms in total. The topological polar surface area (TPSA) is 77.6 Å². The fourth-order valence-electron chi connectivity index (χ4n) is 2.15. The first-order chi connectivity index (χ1) is 13.2. The summed E-state index contributed by atoms with van der Waals surface area (Å²) in [5, 5.41) is 19.1. The van der Waals surface area contributed by atoms with Gasteiger partial charge in [0.25, 0.3) is 5.22 Å². The molecular formula is C19H19ClN2O4S. The fourth-order valence-corrected chi connectivity index (χ4v) is 2.94. The van der Waals surface area contributed by atoms with Crippen LogP contribution in [0.25, 0.3) is 11.5 Å². The summed E-state index contributed by atoms with van der Waals surface area (Å²) in [5.74, 6) is 1.59. The lowest BCUT2D eigenvalue weighted by atomic mass is 10.2. The number of hydrogen-bond acceptors (Lipinski definition) is 7. The Morgan fingerprint density at radius 3 is 2.59 bits per heavy atom. The molecule has 1 heterocycles. The first-order valence-corrected chi connectivity index (χ1v) is 9.73. The van der Waals surface area contributed by atoms with E-state index in [2.05, 4.69) is 10.2 Å². The Labute approximate surface area is 166 Å². The Morgan fingerprint density at radius 2 is 1.81 bits per heavy atom. The second kappa shape index (κ2) is 10.3. The molecule has 0 saturated carbocycles. The van der Waals surface area contributed by atoms with Gasteiger partial charge in [-0.1, -0.05) is 41.6 Å². The van der Waals surface area contributed by atoms with E-state index < -0.39 is 6.10 Å². The molecule has 3 aromatic rings. The lowest BCUT2D eigenvalue weighted by molar-refractivity contribution is 0.0348. The van der Waals surface area contributed by atoms with Crippen LogP contribution in [0.5, 0.6) is 5.75 Å². The highest BCUT2D eigenvalue weighted by molar-refractivity contribution is 7.99. The van der Waals surface area contributed by atoms with Crippen molar-refractivity contribution < 1.29 is 19.0 Å². The molecule has 0 radical (unpaired) electrons. The van der Waals surface area contributed by atoms with Gasteiger partial charge in [-0.05, 0) is 36.4 Å². The van der Waals surface area contributed by atoms with Crippen molar-refractivity contribution >= 4 is 23.4 Å². The number of aromatic nitrogens is 2. The van der Waals surface area contributed by atoms with Crippen LogP contribution in [-0.2, 0) is 4.74 Å². The van der Waals surface area contributed by atoms with E-state index >= 15 is 0 Å². The molecule has 1 aromatic heterocycles. The average Bonchev–Trinajstić information content (AvgIpc) is 3.17. The molecule has 0 amide bonds. The van der Waals surface area contributed by atoms with E-state index in [0.717, 1.165) is 11.3 Å². The Hall–Kier alpha value is -2.06. The van der Waals surface area contributed by atoms with Gasteiger partial charge >= 0.3 is 0 Å². The zero-order valence-electron chi connectivity index (χ0n) is 14.5. The predicted octanol–water partition coefficient (Wildman–Crippen LogP) is 3.94. The lowest BCUT2D eigenvalue weighted by Gasteiger charge is -2.10. The molecule has 0 aliphatic carbocycles. The third-order valence-electron chi connectivity index (χ3n) is 3.45. The van der Waals surface area contributed by atoms with E-state index in [9.17, 15) is 5.11 Å². The van der Waals surface area contributed by atoms with E-state index in [1.165, 1.54) is 11.8 Å². The quantitative estimate of drug-likeness (QED) is 0.403. The van der Waals surface area contributed by atoms with E-state index in [-0.39, 0.29) is 6.61 Å². The molecule has 1 N–H and O–H groups in total. The normalized spacial score (nSPS) is 12.1. The Kier molecular flexibility index (Phi) is 7.53. The summed E-state index contributed by atoms with van der Waals surface area (Å²) in [4.78, 5) is 0. The van der Waals surface area contributed by atoms with Gasteiger partial charge in [-0.25, -0.2) is 0 Å². The maximum absolute atomic E-state index is 9.99. The van der Waals surface area contributed by atoms with Gasteiger partial charge in [0, 0.05) is 16.3 Å². The number of aliphatic hydroxyl groups is 1. The maximum atomic E-state index is 9.99. The summed E-state index contributed by atoms with van der Waals surface area (Å²) < 4.78 is 16.5. The monoisotopic (exact) mass is 406 g/mol. The Bertz CT molecular complexity index is 814. The third kappa shape index (κ3) is 6.55. The van der Waals surface area contributed by atoms with Crippen LogP contribution >= 0.6 is 23.4 Å². The number of aliphatic hydroxyl groups excluding tert-OH is 1. The lowest BCUT2D eigenvalue weighted by Crippen LogP contribution is -2.20. The first-order valence-electron chi connectivity index (χ1n) is 8.36. The van der Waals surface area contributed by atoms with Crippen molar-refractivity contribution in [3.05, 3.63) is 59.6 Å². The van der Waals surface area contributed by atoms with Crippen LogP contribution in [0.15, 0.2) is 64.2 Å². The van der Waals surface area contributed by atoms with Gasteiger partial charge in [-0.2, -0.15) is 0 Å². The summed E-state index contributed by atoms with van der Waals surface area (Å²) in [6, 6.07) is 16.6. The van der Waals surface area contributed by atoms with Gasteiger partial charge in [0.2, 0.25) is 5.89 Å². The van der Waals surface area contributed by atoms with Gasteiger partial charge in [0.05, 0.1) is 19.3 Å². The van der Waals surface area contributed by atoms with Crippen LogP contribution < -0.4 is 4.74 Å². The minimum atomic E-state index is -0.641. The first kappa shape index (κ1) is 19.7. The number of rotatable bonds is 10. The number of ether oxygens (including phenoxy) is 2. The molecule has 0 unspecified atom stereocenters. The fraction of sp³-hybridized carbons (Fsp3) is 0.263. The second-order valence-corrected chi connectivity index (χ2v) is 6.99. The van der Waals surface area contributed by atoms with E-state index in [0.29, 0.717) is 35.1 Å². The van der Waals surface area contributed by atoms with Crippen molar-refractivity contribution in [1.82, 2.24) is 10.2 Å². The molecule has 0 saturated heterocycles. The number of benzene rings is 2. The summed E-state index contributed by atoms with van der Waals surface area (Å²) in [6.45, 7) is 0.977.